The van der Waals surface area contributed by atoms with Crippen molar-refractivity contribution in [1.82, 2.24) is 9.88 Å². The number of anilines is 1. The molecule has 2 heterocycles. The van der Waals surface area contributed by atoms with Crippen LogP contribution in [0.5, 0.6) is 0 Å². The predicted octanol–water partition coefficient (Wildman–Crippen LogP) is 1.36. The van der Waals surface area contributed by atoms with Crippen LogP contribution in [0.25, 0.3) is 11.8 Å². The fraction of sp³-hybridized carbons (Fsp3) is 0.150. The molecule has 0 saturated heterocycles. The van der Waals surface area contributed by atoms with Gasteiger partial charge in [-0.05, 0) is 31.2 Å². The Hall–Kier alpha value is -3.57. The SMILES string of the molecule is CCn1c(=O)c(=CNc2ccccc2)s/c1=C(/C#N)C(=O)NCc1ccco1. The van der Waals surface area contributed by atoms with Gasteiger partial charge in [0.2, 0.25) is 0 Å². The summed E-state index contributed by atoms with van der Waals surface area (Å²) >= 11 is 1.10. The molecule has 0 aliphatic rings. The standard InChI is InChI=1S/C20H18N4O3S/c1-2-24-19(26)17(13-22-14-7-4-3-5-8-14)28-20(24)16(11-21)18(25)23-12-15-9-6-10-27-15/h3-10,13,22H,2,12H2,1H3,(H,23,25)/b17-13?,20-16-. The molecule has 0 unspecified atom stereocenters. The minimum absolute atomic E-state index is 0.102. The first-order chi connectivity index (χ1) is 13.6. The summed E-state index contributed by atoms with van der Waals surface area (Å²) in [4.78, 5) is 25.2. The van der Waals surface area contributed by atoms with Gasteiger partial charge in [0.1, 0.15) is 21.0 Å². The number of carbonyl (C=O) groups is 1. The lowest BCUT2D eigenvalue weighted by molar-refractivity contribution is -0.115. The van der Waals surface area contributed by atoms with E-state index in [1.165, 1.54) is 10.8 Å². The van der Waals surface area contributed by atoms with E-state index in [1.54, 1.807) is 25.3 Å². The van der Waals surface area contributed by atoms with Crippen LogP contribution in [0, 0.1) is 11.3 Å². The molecule has 0 atom stereocenters. The fourth-order valence-corrected chi connectivity index (χ4v) is 3.63. The van der Waals surface area contributed by atoms with Crippen LogP contribution in [0.15, 0.2) is 57.9 Å². The number of benzene rings is 1. The second-order valence-corrected chi connectivity index (χ2v) is 6.76. The Morgan fingerprint density at radius 3 is 2.71 bits per heavy atom. The van der Waals surface area contributed by atoms with Gasteiger partial charge in [0.25, 0.3) is 11.5 Å². The molecular formula is C20H18N4O3S. The van der Waals surface area contributed by atoms with E-state index in [1.807, 2.05) is 36.4 Å². The maximum Gasteiger partial charge on any atom is 0.270 e. The lowest BCUT2D eigenvalue weighted by Gasteiger charge is -2.02. The highest BCUT2D eigenvalue weighted by Crippen LogP contribution is 2.04. The van der Waals surface area contributed by atoms with Crippen LogP contribution in [0.3, 0.4) is 0 Å². The number of aromatic nitrogens is 1. The van der Waals surface area contributed by atoms with Crippen molar-refractivity contribution in [1.29, 1.82) is 5.26 Å². The number of nitrogens with zero attached hydrogens (tertiary/aromatic N) is 2. The minimum Gasteiger partial charge on any atom is -0.467 e. The summed E-state index contributed by atoms with van der Waals surface area (Å²) in [7, 11) is 0. The lowest BCUT2D eigenvalue weighted by atomic mass is 10.3. The molecule has 142 valence electrons. The van der Waals surface area contributed by atoms with Crippen LogP contribution >= 0.6 is 11.3 Å². The van der Waals surface area contributed by atoms with E-state index in [2.05, 4.69) is 10.6 Å². The molecule has 0 bridgehead atoms. The van der Waals surface area contributed by atoms with Gasteiger partial charge in [0.05, 0.1) is 12.8 Å². The summed E-state index contributed by atoms with van der Waals surface area (Å²) in [5, 5.41) is 15.2. The van der Waals surface area contributed by atoms with E-state index < -0.39 is 5.91 Å². The van der Waals surface area contributed by atoms with Gasteiger partial charge in [-0.25, -0.2) is 0 Å². The maximum atomic E-state index is 12.7. The van der Waals surface area contributed by atoms with Crippen molar-refractivity contribution in [2.45, 2.75) is 20.0 Å². The summed E-state index contributed by atoms with van der Waals surface area (Å²) in [6.45, 7) is 2.30. The van der Waals surface area contributed by atoms with Gasteiger partial charge in [-0.15, -0.1) is 11.3 Å². The number of hydrogen-bond donors (Lipinski definition) is 2. The van der Waals surface area contributed by atoms with Gasteiger partial charge in [0, 0.05) is 18.4 Å². The van der Waals surface area contributed by atoms with Crippen molar-refractivity contribution >= 4 is 34.7 Å². The molecule has 0 fully saturated rings. The summed E-state index contributed by atoms with van der Waals surface area (Å²) in [5.41, 5.74) is 0.480. The Morgan fingerprint density at radius 2 is 2.07 bits per heavy atom. The van der Waals surface area contributed by atoms with Crippen molar-refractivity contribution in [3.8, 4) is 6.07 Å². The first-order valence-corrected chi connectivity index (χ1v) is 9.42. The predicted molar refractivity (Wildman–Crippen MR) is 108 cm³/mol. The Kier molecular flexibility index (Phi) is 6.09. The molecule has 28 heavy (non-hydrogen) atoms. The Labute approximate surface area is 164 Å². The van der Waals surface area contributed by atoms with E-state index in [9.17, 15) is 14.9 Å². The summed E-state index contributed by atoms with van der Waals surface area (Å²) in [5.74, 6) is 0.0238. The molecule has 3 aromatic rings. The van der Waals surface area contributed by atoms with E-state index in [-0.39, 0.29) is 17.7 Å². The molecule has 2 N–H and O–H groups in total. The first kappa shape index (κ1) is 19.2. The zero-order chi connectivity index (χ0) is 19.9. The number of furan rings is 1. The Morgan fingerprint density at radius 1 is 1.29 bits per heavy atom. The minimum atomic E-state index is -0.551. The summed E-state index contributed by atoms with van der Waals surface area (Å²) < 4.78 is 7.33. The van der Waals surface area contributed by atoms with Crippen molar-refractivity contribution < 1.29 is 9.21 Å². The highest BCUT2D eigenvalue weighted by molar-refractivity contribution is 7.07. The van der Waals surface area contributed by atoms with E-state index >= 15 is 0 Å². The Balaban J connectivity index is 1.97. The number of thiazole rings is 1. The highest BCUT2D eigenvalue weighted by Gasteiger charge is 2.15. The van der Waals surface area contributed by atoms with Gasteiger partial charge in [-0.1, -0.05) is 18.2 Å². The van der Waals surface area contributed by atoms with E-state index in [0.717, 1.165) is 17.0 Å². The molecule has 0 saturated carbocycles. The molecule has 0 aliphatic heterocycles. The zero-order valence-electron chi connectivity index (χ0n) is 15.1. The molecule has 0 aliphatic carbocycles. The van der Waals surface area contributed by atoms with E-state index in [0.29, 0.717) is 21.5 Å². The average Bonchev–Trinajstić information content (AvgIpc) is 3.34. The van der Waals surface area contributed by atoms with Crippen LogP contribution in [0.1, 0.15) is 12.7 Å². The Bertz CT molecular complexity index is 1170. The number of nitriles is 1. The third-order valence-electron chi connectivity index (χ3n) is 3.92. The molecule has 3 rings (SSSR count). The smallest absolute Gasteiger partial charge is 0.270 e. The van der Waals surface area contributed by atoms with Crippen LogP contribution in [0.4, 0.5) is 5.69 Å². The van der Waals surface area contributed by atoms with Gasteiger partial charge in [-0.3, -0.25) is 14.2 Å². The molecule has 1 aromatic carbocycles. The van der Waals surface area contributed by atoms with Gasteiger partial charge < -0.3 is 15.1 Å². The van der Waals surface area contributed by atoms with Gasteiger partial charge >= 0.3 is 0 Å². The first-order valence-electron chi connectivity index (χ1n) is 8.60. The third-order valence-corrected chi connectivity index (χ3v) is 5.05. The normalized spacial score (nSPS) is 12.4. The number of rotatable bonds is 6. The van der Waals surface area contributed by atoms with Crippen molar-refractivity contribution in [2.24, 2.45) is 0 Å². The monoisotopic (exact) mass is 394 g/mol. The van der Waals surface area contributed by atoms with Crippen LogP contribution in [-0.4, -0.2) is 10.5 Å². The van der Waals surface area contributed by atoms with Crippen LogP contribution in [0.2, 0.25) is 0 Å². The van der Waals surface area contributed by atoms with Crippen molar-refractivity contribution in [3.63, 3.8) is 0 Å². The van der Waals surface area contributed by atoms with Crippen molar-refractivity contribution in [2.75, 3.05) is 5.32 Å². The number of para-hydroxylation sites is 1. The second-order valence-electron chi connectivity index (χ2n) is 5.72. The molecule has 8 heteroatoms. The van der Waals surface area contributed by atoms with Crippen molar-refractivity contribution in [3.05, 3.63) is 74.0 Å². The fourth-order valence-electron chi connectivity index (χ4n) is 2.54. The molecule has 1 amide bonds. The lowest BCUT2D eigenvalue weighted by Crippen LogP contribution is -2.34. The molecule has 7 nitrogen and oxygen atoms in total. The number of carbonyl (C=O) groups excluding carboxylic acids is 1. The van der Waals surface area contributed by atoms with Gasteiger partial charge in [0.15, 0.2) is 5.57 Å². The highest BCUT2D eigenvalue weighted by atomic mass is 32.1. The quantitative estimate of drug-likeness (QED) is 0.658. The molecule has 0 radical (unpaired) electrons. The van der Waals surface area contributed by atoms with Gasteiger partial charge in [-0.2, -0.15) is 5.26 Å². The number of nitrogens with one attached hydrogen (secondary N) is 2. The summed E-state index contributed by atoms with van der Waals surface area (Å²) in [6.07, 6.45) is 3.10. The van der Waals surface area contributed by atoms with Crippen LogP contribution < -0.4 is 25.4 Å². The number of amides is 1. The summed E-state index contributed by atoms with van der Waals surface area (Å²) in [6, 6.07) is 14.8. The zero-order valence-corrected chi connectivity index (χ0v) is 16.0. The third kappa shape index (κ3) is 4.22. The average molecular weight is 394 g/mol. The largest absolute Gasteiger partial charge is 0.467 e. The topological polar surface area (TPSA) is 100 Å². The second kappa shape index (κ2) is 8.88. The molecular weight excluding hydrogens is 376 g/mol. The molecule has 2 aromatic heterocycles. The van der Waals surface area contributed by atoms with Crippen LogP contribution in [-0.2, 0) is 17.9 Å². The number of hydrogen-bond acceptors (Lipinski definition) is 6. The maximum absolute atomic E-state index is 12.7. The molecule has 0 spiro atoms. The van der Waals surface area contributed by atoms with E-state index in [4.69, 9.17) is 4.42 Å².